The van der Waals surface area contributed by atoms with Gasteiger partial charge in [-0.3, -0.25) is 4.79 Å². The number of carbonyl (C=O) groups is 1. The number of carbonyl (C=O) groups excluding carboxylic acids is 1. The van der Waals surface area contributed by atoms with Gasteiger partial charge in [0.25, 0.3) is 0 Å². The first kappa shape index (κ1) is 16.7. The van der Waals surface area contributed by atoms with Crippen LogP contribution < -0.4 is 5.73 Å². The molecule has 0 spiro atoms. The first-order valence-corrected chi connectivity index (χ1v) is 8.49. The number of primary amides is 1. The molecule has 0 aliphatic heterocycles. The Kier molecular flexibility index (Phi) is 4.04. The maximum absolute atomic E-state index is 11.6. The van der Waals surface area contributed by atoms with E-state index in [0.29, 0.717) is 11.3 Å². The van der Waals surface area contributed by atoms with Gasteiger partial charge in [-0.05, 0) is 43.7 Å². The maximum atomic E-state index is 11.6. The fraction of sp³-hybridized carbons (Fsp3) is 0.100. The molecule has 0 fully saturated rings. The van der Waals surface area contributed by atoms with Crippen LogP contribution in [0, 0.1) is 13.8 Å². The van der Waals surface area contributed by atoms with Crippen molar-refractivity contribution < 1.29 is 4.79 Å². The summed E-state index contributed by atoms with van der Waals surface area (Å²) in [5.41, 5.74) is 11.0. The summed E-state index contributed by atoms with van der Waals surface area (Å²) < 4.78 is 3.52. The van der Waals surface area contributed by atoms with Gasteiger partial charge in [0.05, 0.1) is 29.5 Å². The zero-order valence-corrected chi connectivity index (χ0v) is 15.0. The van der Waals surface area contributed by atoms with Gasteiger partial charge in [0.15, 0.2) is 0 Å². The number of hydrogen-bond donors (Lipinski definition) is 1. The van der Waals surface area contributed by atoms with E-state index in [1.54, 1.807) is 23.0 Å². The van der Waals surface area contributed by atoms with Gasteiger partial charge in [-0.25, -0.2) is 9.36 Å². The number of nitrogens with two attached hydrogens (primary N) is 1. The van der Waals surface area contributed by atoms with E-state index in [-0.39, 0.29) is 0 Å². The number of para-hydroxylation sites is 1. The summed E-state index contributed by atoms with van der Waals surface area (Å²) >= 11 is 0. The highest BCUT2D eigenvalue weighted by molar-refractivity contribution is 5.95. The second-order valence-electron chi connectivity index (χ2n) is 6.25. The molecule has 0 bridgehead atoms. The van der Waals surface area contributed by atoms with Crippen LogP contribution in [-0.2, 0) is 0 Å². The van der Waals surface area contributed by atoms with Gasteiger partial charge in [0.2, 0.25) is 5.91 Å². The Bertz CT molecular complexity index is 1130. The van der Waals surface area contributed by atoms with Crippen LogP contribution in [0.5, 0.6) is 0 Å². The van der Waals surface area contributed by atoms with Gasteiger partial charge in [-0.2, -0.15) is 5.10 Å². The van der Waals surface area contributed by atoms with Crippen molar-refractivity contribution in [3.05, 3.63) is 77.7 Å². The summed E-state index contributed by atoms with van der Waals surface area (Å²) in [6.45, 7) is 3.84. The number of benzene rings is 2. The molecular formula is C20H18N6O. The van der Waals surface area contributed by atoms with Gasteiger partial charge in [-0.15, -0.1) is 5.10 Å². The second-order valence-corrected chi connectivity index (χ2v) is 6.25. The first-order chi connectivity index (χ1) is 13.1. The summed E-state index contributed by atoms with van der Waals surface area (Å²) in [6, 6.07) is 15.3. The van der Waals surface area contributed by atoms with Crippen molar-refractivity contribution in [3.8, 4) is 22.6 Å². The third kappa shape index (κ3) is 2.89. The average molecular weight is 358 g/mol. The molecule has 0 atom stereocenters. The number of amides is 1. The Balaban J connectivity index is 1.74. The largest absolute Gasteiger partial charge is 0.366 e. The Morgan fingerprint density at radius 2 is 1.81 bits per heavy atom. The number of rotatable bonds is 4. The van der Waals surface area contributed by atoms with E-state index in [2.05, 4.69) is 15.4 Å². The molecule has 4 aromatic rings. The molecule has 134 valence electrons. The summed E-state index contributed by atoms with van der Waals surface area (Å²) in [7, 11) is 0. The molecule has 7 heteroatoms. The predicted molar refractivity (Wildman–Crippen MR) is 102 cm³/mol. The molecule has 2 aromatic carbocycles. The SMILES string of the molecule is Cc1c(C(N)=O)cccc1-n1cc(-c2cnn(-c3ccccc3)c2C)nn1. The Morgan fingerprint density at radius 1 is 1.04 bits per heavy atom. The van der Waals surface area contributed by atoms with E-state index in [9.17, 15) is 4.79 Å². The van der Waals surface area contributed by atoms with Crippen LogP contribution >= 0.6 is 0 Å². The fourth-order valence-electron chi connectivity index (χ4n) is 3.13. The Morgan fingerprint density at radius 3 is 2.56 bits per heavy atom. The molecule has 0 saturated heterocycles. The Labute approximate surface area is 156 Å². The minimum absolute atomic E-state index is 0.463. The van der Waals surface area contributed by atoms with E-state index in [0.717, 1.165) is 28.2 Å². The number of aromatic nitrogens is 5. The highest BCUT2D eigenvalue weighted by Crippen LogP contribution is 2.25. The van der Waals surface area contributed by atoms with Crippen molar-refractivity contribution in [2.24, 2.45) is 5.73 Å². The lowest BCUT2D eigenvalue weighted by molar-refractivity contribution is 0.0999. The lowest BCUT2D eigenvalue weighted by Gasteiger charge is -2.08. The van der Waals surface area contributed by atoms with Crippen LogP contribution in [0.2, 0.25) is 0 Å². The van der Waals surface area contributed by atoms with Crippen LogP contribution in [0.3, 0.4) is 0 Å². The highest BCUT2D eigenvalue weighted by atomic mass is 16.1. The molecule has 2 heterocycles. The molecule has 0 radical (unpaired) electrons. The van der Waals surface area contributed by atoms with Crippen molar-refractivity contribution >= 4 is 5.91 Å². The standard InChI is InChI=1S/C20H18N6O/c1-13-16(20(21)27)9-6-10-19(13)25-12-18(23-24-25)17-11-22-26(14(17)2)15-7-4-3-5-8-15/h3-12H,1-2H3,(H2,21,27). The highest BCUT2D eigenvalue weighted by Gasteiger charge is 2.15. The van der Waals surface area contributed by atoms with E-state index in [1.165, 1.54) is 0 Å². The van der Waals surface area contributed by atoms with Gasteiger partial charge in [0, 0.05) is 11.1 Å². The van der Waals surface area contributed by atoms with Crippen molar-refractivity contribution in [3.63, 3.8) is 0 Å². The summed E-state index contributed by atoms with van der Waals surface area (Å²) in [4.78, 5) is 11.6. The van der Waals surface area contributed by atoms with Crippen LogP contribution in [0.1, 0.15) is 21.6 Å². The summed E-state index contributed by atoms with van der Waals surface area (Å²) in [5, 5.41) is 13.0. The summed E-state index contributed by atoms with van der Waals surface area (Å²) in [5.74, 6) is -0.463. The van der Waals surface area contributed by atoms with Crippen molar-refractivity contribution in [1.82, 2.24) is 24.8 Å². The van der Waals surface area contributed by atoms with Crippen LogP contribution in [0.25, 0.3) is 22.6 Å². The molecule has 2 aromatic heterocycles. The van der Waals surface area contributed by atoms with Gasteiger partial charge < -0.3 is 5.73 Å². The smallest absolute Gasteiger partial charge is 0.249 e. The molecule has 2 N–H and O–H groups in total. The molecule has 0 saturated carbocycles. The zero-order chi connectivity index (χ0) is 19.0. The van der Waals surface area contributed by atoms with E-state index < -0.39 is 5.91 Å². The Hall–Kier alpha value is -3.74. The number of hydrogen-bond acceptors (Lipinski definition) is 4. The molecule has 4 rings (SSSR count). The zero-order valence-electron chi connectivity index (χ0n) is 15.0. The third-order valence-electron chi connectivity index (χ3n) is 4.60. The van der Waals surface area contributed by atoms with Crippen molar-refractivity contribution in [1.29, 1.82) is 0 Å². The molecular weight excluding hydrogens is 340 g/mol. The second kappa shape index (κ2) is 6.53. The predicted octanol–water partition coefficient (Wildman–Crippen LogP) is 2.84. The topological polar surface area (TPSA) is 91.6 Å². The van der Waals surface area contributed by atoms with Gasteiger partial charge in [0.1, 0.15) is 5.69 Å². The van der Waals surface area contributed by atoms with Crippen LogP contribution in [0.4, 0.5) is 0 Å². The van der Waals surface area contributed by atoms with Crippen molar-refractivity contribution in [2.45, 2.75) is 13.8 Å². The van der Waals surface area contributed by atoms with Crippen LogP contribution in [0.15, 0.2) is 60.9 Å². The lowest BCUT2D eigenvalue weighted by Crippen LogP contribution is -2.14. The molecule has 1 amide bonds. The fourth-order valence-corrected chi connectivity index (χ4v) is 3.13. The molecule has 0 unspecified atom stereocenters. The van der Waals surface area contributed by atoms with Gasteiger partial charge >= 0.3 is 0 Å². The molecule has 0 aliphatic carbocycles. The minimum atomic E-state index is -0.463. The van der Waals surface area contributed by atoms with Gasteiger partial charge in [-0.1, -0.05) is 29.5 Å². The quantitative estimate of drug-likeness (QED) is 0.607. The average Bonchev–Trinajstić information content (AvgIpc) is 3.29. The third-order valence-corrected chi connectivity index (χ3v) is 4.60. The van der Waals surface area contributed by atoms with Crippen LogP contribution in [-0.4, -0.2) is 30.7 Å². The summed E-state index contributed by atoms with van der Waals surface area (Å²) in [6.07, 6.45) is 3.61. The molecule has 0 aliphatic rings. The minimum Gasteiger partial charge on any atom is -0.366 e. The lowest BCUT2D eigenvalue weighted by atomic mass is 10.1. The van der Waals surface area contributed by atoms with E-state index in [1.807, 2.05) is 61.1 Å². The normalized spacial score (nSPS) is 10.9. The monoisotopic (exact) mass is 358 g/mol. The van der Waals surface area contributed by atoms with E-state index in [4.69, 9.17) is 5.73 Å². The maximum Gasteiger partial charge on any atom is 0.249 e. The molecule has 27 heavy (non-hydrogen) atoms. The number of nitrogens with zero attached hydrogens (tertiary/aromatic N) is 5. The molecule has 7 nitrogen and oxygen atoms in total. The van der Waals surface area contributed by atoms with Crippen molar-refractivity contribution in [2.75, 3.05) is 0 Å². The first-order valence-electron chi connectivity index (χ1n) is 8.49. The van der Waals surface area contributed by atoms with E-state index >= 15 is 0 Å².